The van der Waals surface area contributed by atoms with E-state index in [1.54, 1.807) is 6.92 Å². The van der Waals surface area contributed by atoms with Gasteiger partial charge in [0.2, 0.25) is 5.82 Å². The van der Waals surface area contributed by atoms with Crippen LogP contribution in [0.2, 0.25) is 0 Å². The summed E-state index contributed by atoms with van der Waals surface area (Å²) in [5.41, 5.74) is -1.56. The Balaban J connectivity index is 3.11. The van der Waals surface area contributed by atoms with Gasteiger partial charge >= 0.3 is 5.69 Å². The Kier molecular flexibility index (Phi) is 5.09. The van der Waals surface area contributed by atoms with Crippen LogP contribution in [0.5, 0.6) is 0 Å². The van der Waals surface area contributed by atoms with Crippen LogP contribution < -0.4 is 0 Å². The van der Waals surface area contributed by atoms with Crippen LogP contribution >= 0.6 is 0 Å². The third-order valence-electron chi connectivity index (χ3n) is 2.85. The van der Waals surface area contributed by atoms with Crippen LogP contribution in [-0.2, 0) is 4.74 Å². The zero-order valence-electron chi connectivity index (χ0n) is 11.2. The highest BCUT2D eigenvalue weighted by Gasteiger charge is 2.25. The van der Waals surface area contributed by atoms with Gasteiger partial charge in [0.25, 0.3) is 5.91 Å². The lowest BCUT2D eigenvalue weighted by Crippen LogP contribution is -2.38. The van der Waals surface area contributed by atoms with Gasteiger partial charge in [0.05, 0.1) is 29.2 Å². The largest absolute Gasteiger partial charge is 0.383 e. The summed E-state index contributed by atoms with van der Waals surface area (Å²) in [6.07, 6.45) is 0. The summed E-state index contributed by atoms with van der Waals surface area (Å²) in [6.45, 7) is 1.89. The molecule has 0 aliphatic heterocycles. The number of carbonyl (C=O) groups excluding carboxylic acids is 1. The molecule has 6 nitrogen and oxygen atoms in total. The van der Waals surface area contributed by atoms with Gasteiger partial charge in [0.15, 0.2) is 0 Å². The van der Waals surface area contributed by atoms with Gasteiger partial charge in [-0.15, -0.1) is 0 Å². The van der Waals surface area contributed by atoms with Gasteiger partial charge in [0, 0.05) is 14.2 Å². The summed E-state index contributed by atoms with van der Waals surface area (Å²) in [5, 5.41) is 10.5. The zero-order chi connectivity index (χ0) is 15.4. The van der Waals surface area contributed by atoms with E-state index in [0.717, 1.165) is 0 Å². The minimum Gasteiger partial charge on any atom is -0.383 e. The quantitative estimate of drug-likeness (QED) is 0.613. The first-order valence-corrected chi connectivity index (χ1v) is 5.69. The Hall–Kier alpha value is -2.09. The SMILES string of the molecule is COCC(C)N(C)C(=O)c1cc(F)c([N+](=O)[O-])cc1F. The molecule has 1 aromatic carbocycles. The predicted molar refractivity (Wildman–Crippen MR) is 66.4 cm³/mol. The lowest BCUT2D eigenvalue weighted by atomic mass is 10.1. The normalized spacial score (nSPS) is 12.1. The van der Waals surface area contributed by atoms with Crippen molar-refractivity contribution in [3.05, 3.63) is 39.4 Å². The van der Waals surface area contributed by atoms with Crippen LogP contribution in [0.25, 0.3) is 0 Å². The van der Waals surface area contributed by atoms with Crippen molar-refractivity contribution < 1.29 is 23.2 Å². The number of amides is 1. The van der Waals surface area contributed by atoms with Crippen molar-refractivity contribution >= 4 is 11.6 Å². The summed E-state index contributed by atoms with van der Waals surface area (Å²) < 4.78 is 32.0. The van der Waals surface area contributed by atoms with E-state index in [2.05, 4.69) is 0 Å². The molecule has 0 aromatic heterocycles. The second-order valence-corrected chi connectivity index (χ2v) is 4.26. The fraction of sp³-hybridized carbons (Fsp3) is 0.417. The maximum absolute atomic E-state index is 13.7. The van der Waals surface area contributed by atoms with Crippen molar-refractivity contribution in [2.75, 3.05) is 20.8 Å². The summed E-state index contributed by atoms with van der Waals surface area (Å²) in [4.78, 5) is 22.6. The Labute approximate surface area is 114 Å². The number of likely N-dealkylation sites (N-methyl/N-ethyl adjacent to an activating group) is 1. The smallest absolute Gasteiger partial charge is 0.307 e. The molecule has 20 heavy (non-hydrogen) atoms. The molecular weight excluding hydrogens is 274 g/mol. The number of ether oxygens (including phenoxy) is 1. The molecule has 0 N–H and O–H groups in total. The highest BCUT2D eigenvalue weighted by molar-refractivity contribution is 5.94. The number of carbonyl (C=O) groups is 1. The maximum atomic E-state index is 13.7. The average molecular weight is 288 g/mol. The van der Waals surface area contributed by atoms with Gasteiger partial charge in [-0.3, -0.25) is 14.9 Å². The number of halogens is 2. The Morgan fingerprint density at radius 3 is 2.55 bits per heavy atom. The van der Waals surface area contributed by atoms with Gasteiger partial charge in [0.1, 0.15) is 5.82 Å². The van der Waals surface area contributed by atoms with E-state index in [-0.39, 0.29) is 12.6 Å². The molecular formula is C12H14F2N2O4. The van der Waals surface area contributed by atoms with Gasteiger partial charge in [-0.2, -0.15) is 4.39 Å². The summed E-state index contributed by atoms with van der Waals surface area (Å²) >= 11 is 0. The van der Waals surface area contributed by atoms with Crippen LogP contribution in [0, 0.1) is 21.7 Å². The molecule has 1 amide bonds. The molecule has 0 aliphatic carbocycles. The van der Waals surface area contributed by atoms with Crippen molar-refractivity contribution in [2.45, 2.75) is 13.0 Å². The molecule has 1 unspecified atom stereocenters. The number of nitro groups is 1. The van der Waals surface area contributed by atoms with E-state index in [1.165, 1.54) is 19.1 Å². The molecule has 110 valence electrons. The molecule has 8 heteroatoms. The molecule has 1 atom stereocenters. The molecule has 0 spiro atoms. The summed E-state index contributed by atoms with van der Waals surface area (Å²) in [6, 6.07) is 0.577. The molecule has 0 heterocycles. The highest BCUT2D eigenvalue weighted by Crippen LogP contribution is 2.22. The first-order valence-electron chi connectivity index (χ1n) is 5.69. The fourth-order valence-electron chi connectivity index (χ4n) is 1.58. The van der Waals surface area contributed by atoms with Gasteiger partial charge in [-0.25, -0.2) is 4.39 Å². The third-order valence-corrected chi connectivity index (χ3v) is 2.85. The third kappa shape index (κ3) is 3.27. The predicted octanol–water partition coefficient (Wildman–Crippen LogP) is 1.98. The molecule has 1 aromatic rings. The Bertz CT molecular complexity index is 536. The van der Waals surface area contributed by atoms with E-state index < -0.39 is 33.7 Å². The van der Waals surface area contributed by atoms with E-state index in [4.69, 9.17) is 4.74 Å². The fourth-order valence-corrected chi connectivity index (χ4v) is 1.58. The molecule has 1 rings (SSSR count). The molecule has 0 aliphatic rings. The minimum atomic E-state index is -1.26. The lowest BCUT2D eigenvalue weighted by molar-refractivity contribution is -0.387. The number of hydrogen-bond donors (Lipinski definition) is 0. The minimum absolute atomic E-state index is 0.222. The highest BCUT2D eigenvalue weighted by atomic mass is 19.1. The van der Waals surface area contributed by atoms with Gasteiger partial charge in [-0.1, -0.05) is 0 Å². The molecule has 0 radical (unpaired) electrons. The van der Waals surface area contributed by atoms with Crippen molar-refractivity contribution in [1.82, 2.24) is 4.90 Å². The van der Waals surface area contributed by atoms with Crippen LogP contribution in [0.15, 0.2) is 12.1 Å². The Morgan fingerprint density at radius 1 is 1.45 bits per heavy atom. The summed E-state index contributed by atoms with van der Waals surface area (Å²) in [7, 11) is 2.85. The second-order valence-electron chi connectivity index (χ2n) is 4.26. The zero-order valence-corrected chi connectivity index (χ0v) is 11.2. The lowest BCUT2D eigenvalue weighted by Gasteiger charge is -2.24. The molecule has 0 saturated heterocycles. The van der Waals surface area contributed by atoms with Crippen molar-refractivity contribution in [3.8, 4) is 0 Å². The molecule has 0 bridgehead atoms. The number of benzene rings is 1. The summed E-state index contributed by atoms with van der Waals surface area (Å²) in [5.74, 6) is -3.17. The average Bonchev–Trinajstić information content (AvgIpc) is 2.39. The van der Waals surface area contributed by atoms with Gasteiger partial charge in [-0.05, 0) is 13.0 Å². The first kappa shape index (κ1) is 16.0. The van der Waals surface area contributed by atoms with Gasteiger partial charge < -0.3 is 9.64 Å². The number of nitro benzene ring substituents is 1. The van der Waals surface area contributed by atoms with Crippen LogP contribution in [0.4, 0.5) is 14.5 Å². The van der Waals surface area contributed by atoms with Crippen LogP contribution in [0.1, 0.15) is 17.3 Å². The van der Waals surface area contributed by atoms with E-state index in [0.29, 0.717) is 12.1 Å². The topological polar surface area (TPSA) is 72.7 Å². The number of nitrogens with zero attached hydrogens (tertiary/aromatic N) is 2. The number of hydrogen-bond acceptors (Lipinski definition) is 4. The Morgan fingerprint density at radius 2 is 2.05 bits per heavy atom. The standard InChI is InChI=1S/C12H14F2N2O4/c1-7(6-20-3)15(2)12(17)8-4-10(14)11(16(18)19)5-9(8)13/h4-5,7H,6H2,1-3H3. The first-order chi connectivity index (χ1) is 9.29. The van der Waals surface area contributed by atoms with Crippen molar-refractivity contribution in [3.63, 3.8) is 0 Å². The maximum Gasteiger partial charge on any atom is 0.307 e. The second kappa shape index (κ2) is 6.38. The number of rotatable bonds is 5. The van der Waals surface area contributed by atoms with Crippen LogP contribution in [0.3, 0.4) is 0 Å². The molecule has 0 fully saturated rings. The van der Waals surface area contributed by atoms with Crippen molar-refractivity contribution in [1.29, 1.82) is 0 Å². The van der Waals surface area contributed by atoms with E-state index in [1.807, 2.05) is 0 Å². The molecule has 0 saturated carbocycles. The van der Waals surface area contributed by atoms with Crippen LogP contribution in [-0.4, -0.2) is 42.5 Å². The number of methoxy groups -OCH3 is 1. The van der Waals surface area contributed by atoms with E-state index >= 15 is 0 Å². The van der Waals surface area contributed by atoms with Crippen molar-refractivity contribution in [2.24, 2.45) is 0 Å². The van der Waals surface area contributed by atoms with E-state index in [9.17, 15) is 23.7 Å². The monoisotopic (exact) mass is 288 g/mol.